The average Bonchev–Trinajstić information content (AvgIpc) is 2.11. The SMILES string of the molecule is CSCCNc1cc(F)ccc1F. The maximum atomic E-state index is 13.0. The quantitative estimate of drug-likeness (QED) is 0.755. The summed E-state index contributed by atoms with van der Waals surface area (Å²) in [5, 5.41) is 2.82. The fourth-order valence-corrected chi connectivity index (χ4v) is 1.23. The number of thioether (sulfide) groups is 1. The van der Waals surface area contributed by atoms with Crippen LogP contribution < -0.4 is 5.32 Å². The molecule has 0 unspecified atom stereocenters. The Hall–Kier alpha value is -0.770. The molecule has 0 saturated heterocycles. The number of halogens is 2. The molecule has 4 heteroatoms. The molecule has 0 fully saturated rings. The molecule has 0 atom stereocenters. The largest absolute Gasteiger partial charge is 0.382 e. The van der Waals surface area contributed by atoms with Gasteiger partial charge in [-0.2, -0.15) is 11.8 Å². The Labute approximate surface area is 80.5 Å². The lowest BCUT2D eigenvalue weighted by atomic mass is 10.3. The van der Waals surface area contributed by atoms with Gasteiger partial charge in [0.05, 0.1) is 5.69 Å². The molecule has 0 bridgehead atoms. The van der Waals surface area contributed by atoms with E-state index in [1.165, 1.54) is 0 Å². The van der Waals surface area contributed by atoms with E-state index in [2.05, 4.69) is 5.32 Å². The second-order valence-electron chi connectivity index (χ2n) is 2.54. The molecule has 0 saturated carbocycles. The minimum absolute atomic E-state index is 0.231. The summed E-state index contributed by atoms with van der Waals surface area (Å²) in [6.45, 7) is 0.640. The van der Waals surface area contributed by atoms with E-state index in [0.29, 0.717) is 6.54 Å². The van der Waals surface area contributed by atoms with Gasteiger partial charge in [0, 0.05) is 12.3 Å². The van der Waals surface area contributed by atoms with E-state index in [0.717, 1.165) is 24.0 Å². The molecular formula is C9H11F2NS. The maximum Gasteiger partial charge on any atom is 0.146 e. The standard InChI is InChI=1S/C9H11F2NS/c1-13-5-4-12-9-6-7(10)2-3-8(9)11/h2-3,6,12H,4-5H2,1H3. The van der Waals surface area contributed by atoms with Crippen LogP contribution in [0.1, 0.15) is 0 Å². The average molecular weight is 203 g/mol. The summed E-state index contributed by atoms with van der Waals surface area (Å²) < 4.78 is 25.6. The van der Waals surface area contributed by atoms with Crippen LogP contribution in [0.25, 0.3) is 0 Å². The van der Waals surface area contributed by atoms with Gasteiger partial charge in [-0.05, 0) is 24.5 Å². The third-order valence-corrected chi connectivity index (χ3v) is 2.16. The van der Waals surface area contributed by atoms with Crippen molar-refractivity contribution >= 4 is 17.4 Å². The van der Waals surface area contributed by atoms with Crippen molar-refractivity contribution in [3.05, 3.63) is 29.8 Å². The highest BCUT2D eigenvalue weighted by atomic mass is 32.2. The van der Waals surface area contributed by atoms with Gasteiger partial charge in [0.25, 0.3) is 0 Å². The molecule has 0 radical (unpaired) electrons. The van der Waals surface area contributed by atoms with Gasteiger partial charge in [-0.1, -0.05) is 0 Å². The number of rotatable bonds is 4. The van der Waals surface area contributed by atoms with Gasteiger partial charge in [0.1, 0.15) is 11.6 Å². The van der Waals surface area contributed by atoms with Crippen LogP contribution in [0.2, 0.25) is 0 Å². The maximum absolute atomic E-state index is 13.0. The lowest BCUT2D eigenvalue weighted by molar-refractivity contribution is 0.602. The molecule has 1 aromatic rings. The molecule has 0 aliphatic heterocycles. The summed E-state index contributed by atoms with van der Waals surface area (Å²) in [5.74, 6) is 0.0335. The molecule has 1 rings (SSSR count). The summed E-state index contributed by atoms with van der Waals surface area (Å²) in [4.78, 5) is 0. The highest BCUT2D eigenvalue weighted by Gasteiger charge is 2.01. The summed E-state index contributed by atoms with van der Waals surface area (Å²) >= 11 is 1.65. The lowest BCUT2D eigenvalue weighted by Gasteiger charge is -2.05. The Kier molecular flexibility index (Phi) is 4.02. The molecule has 0 aliphatic rings. The third-order valence-electron chi connectivity index (χ3n) is 1.55. The zero-order chi connectivity index (χ0) is 9.68. The van der Waals surface area contributed by atoms with Gasteiger partial charge >= 0.3 is 0 Å². The second-order valence-corrected chi connectivity index (χ2v) is 3.53. The van der Waals surface area contributed by atoms with Gasteiger partial charge in [0.15, 0.2) is 0 Å². The fraction of sp³-hybridized carbons (Fsp3) is 0.333. The zero-order valence-electron chi connectivity index (χ0n) is 7.31. The van der Waals surface area contributed by atoms with Crippen molar-refractivity contribution in [1.29, 1.82) is 0 Å². The second kappa shape index (κ2) is 5.07. The van der Waals surface area contributed by atoms with Crippen LogP contribution in [0.5, 0.6) is 0 Å². The highest BCUT2D eigenvalue weighted by Crippen LogP contribution is 2.14. The van der Waals surface area contributed by atoms with E-state index >= 15 is 0 Å². The lowest BCUT2D eigenvalue weighted by Crippen LogP contribution is -2.05. The van der Waals surface area contributed by atoms with E-state index in [4.69, 9.17) is 0 Å². The molecule has 1 N–H and O–H groups in total. The predicted molar refractivity (Wildman–Crippen MR) is 53.2 cm³/mol. The van der Waals surface area contributed by atoms with Crippen molar-refractivity contribution in [2.45, 2.75) is 0 Å². The summed E-state index contributed by atoms with van der Waals surface area (Å²) in [6, 6.07) is 3.39. The number of benzene rings is 1. The number of nitrogens with one attached hydrogen (secondary N) is 1. The van der Waals surface area contributed by atoms with Crippen LogP contribution in [0.3, 0.4) is 0 Å². The minimum Gasteiger partial charge on any atom is -0.382 e. The van der Waals surface area contributed by atoms with E-state index in [9.17, 15) is 8.78 Å². The fourth-order valence-electron chi connectivity index (χ4n) is 0.921. The van der Waals surface area contributed by atoms with Crippen molar-refractivity contribution in [1.82, 2.24) is 0 Å². The number of anilines is 1. The molecule has 0 amide bonds. The van der Waals surface area contributed by atoms with E-state index in [1.807, 2.05) is 6.26 Å². The normalized spacial score (nSPS) is 10.1. The van der Waals surface area contributed by atoms with Gasteiger partial charge in [-0.25, -0.2) is 8.78 Å². The first kappa shape index (κ1) is 10.3. The van der Waals surface area contributed by atoms with Crippen LogP contribution >= 0.6 is 11.8 Å². The van der Waals surface area contributed by atoms with Crippen molar-refractivity contribution in [2.75, 3.05) is 23.9 Å². The van der Waals surface area contributed by atoms with E-state index in [-0.39, 0.29) is 5.69 Å². The van der Waals surface area contributed by atoms with Crippen molar-refractivity contribution in [3.8, 4) is 0 Å². The Balaban J connectivity index is 2.59. The van der Waals surface area contributed by atoms with Crippen molar-refractivity contribution in [3.63, 3.8) is 0 Å². The van der Waals surface area contributed by atoms with Crippen molar-refractivity contribution in [2.24, 2.45) is 0 Å². The molecule has 0 spiro atoms. The Bertz CT molecular complexity index is 278. The van der Waals surface area contributed by atoms with E-state index < -0.39 is 11.6 Å². The summed E-state index contributed by atoms with van der Waals surface area (Å²) in [6.07, 6.45) is 1.96. The number of hydrogen-bond donors (Lipinski definition) is 1. The Morgan fingerprint density at radius 3 is 2.85 bits per heavy atom. The first-order valence-corrected chi connectivity index (χ1v) is 5.31. The van der Waals surface area contributed by atoms with Gasteiger partial charge in [-0.15, -0.1) is 0 Å². The zero-order valence-corrected chi connectivity index (χ0v) is 8.13. The molecule has 72 valence electrons. The molecule has 0 aliphatic carbocycles. The summed E-state index contributed by atoms with van der Waals surface area (Å²) in [5.41, 5.74) is 0.231. The Morgan fingerprint density at radius 1 is 1.38 bits per heavy atom. The Morgan fingerprint density at radius 2 is 2.15 bits per heavy atom. The summed E-state index contributed by atoms with van der Waals surface area (Å²) in [7, 11) is 0. The van der Waals surface area contributed by atoms with Crippen molar-refractivity contribution < 1.29 is 8.78 Å². The first-order chi connectivity index (χ1) is 6.24. The van der Waals surface area contributed by atoms with Crippen LogP contribution in [0, 0.1) is 11.6 Å². The van der Waals surface area contributed by atoms with Gasteiger partial charge in [-0.3, -0.25) is 0 Å². The molecule has 1 nitrogen and oxygen atoms in total. The first-order valence-electron chi connectivity index (χ1n) is 3.92. The monoisotopic (exact) mass is 203 g/mol. The predicted octanol–water partition coefficient (Wildman–Crippen LogP) is 2.74. The van der Waals surface area contributed by atoms with Crippen LogP contribution in [-0.4, -0.2) is 18.6 Å². The molecular weight excluding hydrogens is 192 g/mol. The highest BCUT2D eigenvalue weighted by molar-refractivity contribution is 7.98. The van der Waals surface area contributed by atoms with Gasteiger partial charge in [0.2, 0.25) is 0 Å². The molecule has 1 aromatic carbocycles. The molecule has 13 heavy (non-hydrogen) atoms. The van der Waals surface area contributed by atoms with Crippen LogP contribution in [0.15, 0.2) is 18.2 Å². The van der Waals surface area contributed by atoms with Crippen LogP contribution in [0.4, 0.5) is 14.5 Å². The smallest absolute Gasteiger partial charge is 0.146 e. The topological polar surface area (TPSA) is 12.0 Å². The number of hydrogen-bond acceptors (Lipinski definition) is 2. The minimum atomic E-state index is -0.423. The van der Waals surface area contributed by atoms with Crippen LogP contribution in [-0.2, 0) is 0 Å². The third kappa shape index (κ3) is 3.22. The molecule has 0 heterocycles. The van der Waals surface area contributed by atoms with E-state index in [1.54, 1.807) is 11.8 Å². The van der Waals surface area contributed by atoms with Gasteiger partial charge < -0.3 is 5.32 Å². The molecule has 0 aromatic heterocycles.